The molecule has 0 spiro atoms. The lowest BCUT2D eigenvalue weighted by Crippen LogP contribution is -2.50. The van der Waals surface area contributed by atoms with Gasteiger partial charge in [-0.1, -0.05) is 23.7 Å². The van der Waals surface area contributed by atoms with Gasteiger partial charge >= 0.3 is 5.97 Å². The molecular formula is C19H19ClN2O4. The first kappa shape index (κ1) is 18.1. The summed E-state index contributed by atoms with van der Waals surface area (Å²) >= 11 is 5.82. The van der Waals surface area contributed by atoms with E-state index in [1.54, 1.807) is 47.4 Å². The van der Waals surface area contributed by atoms with Crippen LogP contribution in [0.15, 0.2) is 48.5 Å². The fourth-order valence-corrected chi connectivity index (χ4v) is 3.02. The molecule has 1 fully saturated rings. The molecule has 1 N–H and O–H groups in total. The molecular weight excluding hydrogens is 356 g/mol. The zero-order chi connectivity index (χ0) is 18.5. The lowest BCUT2D eigenvalue weighted by molar-refractivity contribution is -0.133. The quantitative estimate of drug-likeness (QED) is 0.871. The van der Waals surface area contributed by atoms with Crippen LogP contribution in [0.1, 0.15) is 10.4 Å². The molecule has 2 aromatic rings. The number of ether oxygens (including phenoxy) is 1. The molecule has 1 heterocycles. The maximum absolute atomic E-state index is 12.3. The molecule has 6 nitrogen and oxygen atoms in total. The fourth-order valence-electron chi connectivity index (χ4n) is 2.89. The van der Waals surface area contributed by atoms with E-state index in [0.717, 1.165) is 0 Å². The Morgan fingerprint density at radius 1 is 1.00 bits per heavy atom. The van der Waals surface area contributed by atoms with Gasteiger partial charge in [0.05, 0.1) is 11.3 Å². The van der Waals surface area contributed by atoms with Gasteiger partial charge in [0, 0.05) is 31.2 Å². The molecule has 7 heteroatoms. The third-order valence-corrected chi connectivity index (χ3v) is 4.54. The van der Waals surface area contributed by atoms with Crippen molar-refractivity contribution in [3.63, 3.8) is 0 Å². The smallest absolute Gasteiger partial charge is 0.337 e. The first-order chi connectivity index (χ1) is 12.5. The zero-order valence-electron chi connectivity index (χ0n) is 14.1. The van der Waals surface area contributed by atoms with Crippen molar-refractivity contribution in [1.29, 1.82) is 0 Å². The van der Waals surface area contributed by atoms with E-state index >= 15 is 0 Å². The normalized spacial score (nSPS) is 14.2. The Hall–Kier alpha value is -2.73. The number of halogens is 1. The van der Waals surface area contributed by atoms with Crippen LogP contribution >= 0.6 is 11.6 Å². The van der Waals surface area contributed by atoms with Crippen molar-refractivity contribution in [2.24, 2.45) is 0 Å². The predicted molar refractivity (Wildman–Crippen MR) is 99.1 cm³/mol. The van der Waals surface area contributed by atoms with E-state index < -0.39 is 5.97 Å². The van der Waals surface area contributed by atoms with Gasteiger partial charge in [0.1, 0.15) is 5.75 Å². The summed E-state index contributed by atoms with van der Waals surface area (Å²) in [5.74, 6) is -0.446. The Labute approximate surface area is 156 Å². The molecule has 0 saturated carbocycles. The Bertz CT molecular complexity index is 786. The van der Waals surface area contributed by atoms with E-state index in [0.29, 0.717) is 42.6 Å². The number of hydrogen-bond donors (Lipinski definition) is 1. The second kappa shape index (κ2) is 8.10. The summed E-state index contributed by atoms with van der Waals surface area (Å²) in [4.78, 5) is 27.4. The highest BCUT2D eigenvalue weighted by Gasteiger charge is 2.24. The Morgan fingerprint density at radius 2 is 1.65 bits per heavy atom. The Balaban J connectivity index is 1.54. The summed E-state index contributed by atoms with van der Waals surface area (Å²) in [6.07, 6.45) is 0. The number of carbonyl (C=O) groups excluding carboxylic acids is 1. The number of rotatable bonds is 5. The highest BCUT2D eigenvalue weighted by Crippen LogP contribution is 2.22. The summed E-state index contributed by atoms with van der Waals surface area (Å²) in [5, 5.41) is 9.93. The predicted octanol–water partition coefficient (Wildman–Crippen LogP) is 2.77. The number of carboxylic acids is 1. The van der Waals surface area contributed by atoms with Crippen LogP contribution in [0.3, 0.4) is 0 Å². The average Bonchev–Trinajstić information content (AvgIpc) is 2.67. The zero-order valence-corrected chi connectivity index (χ0v) is 14.9. The lowest BCUT2D eigenvalue weighted by atomic mass is 10.1. The molecule has 0 atom stereocenters. The van der Waals surface area contributed by atoms with Crippen molar-refractivity contribution in [2.75, 3.05) is 37.7 Å². The molecule has 0 unspecified atom stereocenters. The standard InChI is InChI=1S/C19H19ClN2O4/c20-14-5-7-15(8-6-14)26-13-18(23)22-11-9-21(10-12-22)17-4-2-1-3-16(17)19(24)25/h1-8H,9-13H2,(H,24,25). The van der Waals surface area contributed by atoms with Crippen molar-refractivity contribution in [3.05, 3.63) is 59.1 Å². The largest absolute Gasteiger partial charge is 0.484 e. The van der Waals surface area contributed by atoms with Gasteiger partial charge in [-0.2, -0.15) is 0 Å². The second-order valence-corrected chi connectivity index (χ2v) is 6.37. The van der Waals surface area contributed by atoms with Crippen LogP contribution in [-0.2, 0) is 4.79 Å². The van der Waals surface area contributed by atoms with E-state index in [9.17, 15) is 14.7 Å². The third kappa shape index (κ3) is 4.26. The summed E-state index contributed by atoms with van der Waals surface area (Å²) < 4.78 is 5.50. The number of hydrogen-bond acceptors (Lipinski definition) is 4. The van der Waals surface area contributed by atoms with E-state index in [-0.39, 0.29) is 18.1 Å². The van der Waals surface area contributed by atoms with Crippen molar-refractivity contribution >= 4 is 29.2 Å². The SMILES string of the molecule is O=C(O)c1ccccc1N1CCN(C(=O)COc2ccc(Cl)cc2)CC1. The van der Waals surface area contributed by atoms with Gasteiger partial charge in [-0.05, 0) is 36.4 Å². The number of anilines is 1. The van der Waals surface area contributed by atoms with Gasteiger partial charge < -0.3 is 19.6 Å². The summed E-state index contributed by atoms with van der Waals surface area (Å²) in [6.45, 7) is 2.18. The van der Waals surface area contributed by atoms with Gasteiger partial charge in [0.25, 0.3) is 5.91 Å². The lowest BCUT2D eigenvalue weighted by Gasteiger charge is -2.36. The summed E-state index contributed by atoms with van der Waals surface area (Å²) in [5.41, 5.74) is 0.961. The molecule has 3 rings (SSSR count). The van der Waals surface area contributed by atoms with Crippen LogP contribution in [-0.4, -0.2) is 54.7 Å². The molecule has 1 amide bonds. The van der Waals surface area contributed by atoms with Gasteiger partial charge in [0.15, 0.2) is 6.61 Å². The molecule has 1 aliphatic rings. The van der Waals surface area contributed by atoms with Crippen LogP contribution < -0.4 is 9.64 Å². The van der Waals surface area contributed by atoms with E-state index in [1.165, 1.54) is 0 Å². The molecule has 0 radical (unpaired) electrons. The van der Waals surface area contributed by atoms with E-state index in [4.69, 9.17) is 16.3 Å². The van der Waals surface area contributed by atoms with Crippen molar-refractivity contribution in [3.8, 4) is 5.75 Å². The van der Waals surface area contributed by atoms with Crippen molar-refractivity contribution in [1.82, 2.24) is 4.90 Å². The molecule has 0 aromatic heterocycles. The van der Waals surface area contributed by atoms with Crippen LogP contribution in [0.2, 0.25) is 5.02 Å². The Kier molecular flexibility index (Phi) is 5.63. The Morgan fingerprint density at radius 3 is 2.31 bits per heavy atom. The van der Waals surface area contributed by atoms with Crippen LogP contribution in [0.25, 0.3) is 0 Å². The molecule has 0 bridgehead atoms. The molecule has 1 saturated heterocycles. The van der Waals surface area contributed by atoms with Crippen LogP contribution in [0, 0.1) is 0 Å². The highest BCUT2D eigenvalue weighted by atomic mass is 35.5. The molecule has 1 aliphatic heterocycles. The van der Waals surface area contributed by atoms with Gasteiger partial charge in [-0.25, -0.2) is 4.79 Å². The van der Waals surface area contributed by atoms with E-state index in [2.05, 4.69) is 0 Å². The molecule has 2 aromatic carbocycles. The topological polar surface area (TPSA) is 70.1 Å². The molecule has 26 heavy (non-hydrogen) atoms. The maximum Gasteiger partial charge on any atom is 0.337 e. The average molecular weight is 375 g/mol. The number of nitrogens with zero attached hydrogens (tertiary/aromatic N) is 2. The number of piperazine rings is 1. The summed E-state index contributed by atoms with van der Waals surface area (Å²) in [7, 11) is 0. The van der Waals surface area contributed by atoms with Crippen LogP contribution in [0.4, 0.5) is 5.69 Å². The number of aromatic carboxylic acids is 1. The van der Waals surface area contributed by atoms with Crippen molar-refractivity contribution in [2.45, 2.75) is 0 Å². The summed E-state index contributed by atoms with van der Waals surface area (Å²) in [6, 6.07) is 13.8. The number of benzene rings is 2. The van der Waals surface area contributed by atoms with Gasteiger partial charge in [-0.3, -0.25) is 4.79 Å². The van der Waals surface area contributed by atoms with Gasteiger partial charge in [0.2, 0.25) is 0 Å². The fraction of sp³-hybridized carbons (Fsp3) is 0.263. The molecule has 0 aliphatic carbocycles. The second-order valence-electron chi connectivity index (χ2n) is 5.93. The minimum Gasteiger partial charge on any atom is -0.484 e. The number of carbonyl (C=O) groups is 2. The first-order valence-electron chi connectivity index (χ1n) is 8.28. The monoisotopic (exact) mass is 374 g/mol. The molecule has 136 valence electrons. The maximum atomic E-state index is 12.3. The minimum atomic E-state index is -0.949. The van der Waals surface area contributed by atoms with E-state index in [1.807, 2.05) is 11.0 Å². The number of amides is 1. The first-order valence-corrected chi connectivity index (χ1v) is 8.66. The van der Waals surface area contributed by atoms with Crippen molar-refractivity contribution < 1.29 is 19.4 Å². The number of carboxylic acid groups (broad SMARTS) is 1. The third-order valence-electron chi connectivity index (χ3n) is 4.28. The highest BCUT2D eigenvalue weighted by molar-refractivity contribution is 6.30. The van der Waals surface area contributed by atoms with Crippen LogP contribution in [0.5, 0.6) is 5.75 Å². The number of para-hydroxylation sites is 1. The van der Waals surface area contributed by atoms with Gasteiger partial charge in [-0.15, -0.1) is 0 Å². The minimum absolute atomic E-state index is 0.0344.